The van der Waals surface area contributed by atoms with E-state index in [4.69, 9.17) is 21.3 Å². The van der Waals surface area contributed by atoms with Crippen molar-refractivity contribution < 1.29 is 17.9 Å². The van der Waals surface area contributed by atoms with E-state index >= 15 is 0 Å². The van der Waals surface area contributed by atoms with E-state index in [2.05, 4.69) is 4.90 Å². The van der Waals surface area contributed by atoms with Gasteiger partial charge in [0.15, 0.2) is 5.13 Å². The Morgan fingerprint density at radius 2 is 1.78 bits per heavy atom. The van der Waals surface area contributed by atoms with Crippen molar-refractivity contribution in [3.05, 3.63) is 88.4 Å². The molecule has 0 aliphatic carbocycles. The van der Waals surface area contributed by atoms with Crippen molar-refractivity contribution in [1.29, 1.82) is 0 Å². The Morgan fingerprint density at radius 3 is 2.46 bits per heavy atom. The van der Waals surface area contributed by atoms with Gasteiger partial charge in [-0.25, -0.2) is 13.4 Å². The number of rotatable bonds is 10. The van der Waals surface area contributed by atoms with Crippen molar-refractivity contribution in [3.8, 4) is 0 Å². The Bertz CT molecular complexity index is 1610. The van der Waals surface area contributed by atoms with E-state index in [-0.39, 0.29) is 17.3 Å². The zero-order chi connectivity index (χ0) is 29.0. The lowest BCUT2D eigenvalue weighted by Gasteiger charge is -2.29. The molecule has 5 rings (SSSR count). The molecule has 1 aliphatic rings. The van der Waals surface area contributed by atoms with Gasteiger partial charge in [0.25, 0.3) is 5.91 Å². The molecule has 0 unspecified atom stereocenters. The van der Waals surface area contributed by atoms with Crippen LogP contribution in [0.15, 0.2) is 71.6 Å². The maximum atomic E-state index is 13.9. The van der Waals surface area contributed by atoms with Gasteiger partial charge in [-0.15, -0.1) is 0 Å². The second kappa shape index (κ2) is 13.0. The van der Waals surface area contributed by atoms with Gasteiger partial charge < -0.3 is 4.74 Å². The molecule has 0 spiro atoms. The molecule has 3 aromatic carbocycles. The Morgan fingerprint density at radius 1 is 1.07 bits per heavy atom. The summed E-state index contributed by atoms with van der Waals surface area (Å²) in [5.74, 6) is -0.235. The Hall–Kier alpha value is -2.86. The van der Waals surface area contributed by atoms with Gasteiger partial charge in [-0.2, -0.15) is 4.31 Å². The molecule has 8 nitrogen and oxygen atoms in total. The van der Waals surface area contributed by atoms with Gasteiger partial charge in [0.05, 0.1) is 28.3 Å². The summed E-state index contributed by atoms with van der Waals surface area (Å²) < 4.78 is 34.7. The molecule has 11 heteroatoms. The third kappa shape index (κ3) is 6.80. The summed E-state index contributed by atoms with van der Waals surface area (Å²) in [6.45, 7) is 8.43. The first-order valence-electron chi connectivity index (χ1n) is 13.6. The summed E-state index contributed by atoms with van der Waals surface area (Å²) in [6, 6.07) is 19.4. The number of anilines is 1. The number of ether oxygens (including phenoxy) is 1. The number of hydrogen-bond acceptors (Lipinski definition) is 7. The number of thiazole rings is 1. The maximum absolute atomic E-state index is 13.9. The van der Waals surface area contributed by atoms with E-state index in [0.29, 0.717) is 48.6 Å². The number of morpholine rings is 1. The van der Waals surface area contributed by atoms with Crippen LogP contribution in [0.5, 0.6) is 0 Å². The quantitative estimate of drug-likeness (QED) is 0.237. The van der Waals surface area contributed by atoms with Gasteiger partial charge in [-0.3, -0.25) is 14.6 Å². The number of carbonyl (C=O) groups excluding carboxylic acids is 1. The molecule has 0 bridgehead atoms. The van der Waals surface area contributed by atoms with Crippen molar-refractivity contribution >= 4 is 54.2 Å². The number of carbonyl (C=O) groups is 1. The molecule has 1 aliphatic heterocycles. The predicted octanol–water partition coefficient (Wildman–Crippen LogP) is 5.45. The minimum atomic E-state index is -3.75. The predicted molar refractivity (Wildman–Crippen MR) is 164 cm³/mol. The number of halogens is 1. The smallest absolute Gasteiger partial charge is 0.260 e. The van der Waals surface area contributed by atoms with E-state index in [1.165, 1.54) is 27.8 Å². The number of amides is 1. The second-order valence-electron chi connectivity index (χ2n) is 9.92. The van der Waals surface area contributed by atoms with Gasteiger partial charge in [-0.05, 0) is 54.4 Å². The molecule has 0 N–H and O–H groups in total. The van der Waals surface area contributed by atoms with Gasteiger partial charge in [-0.1, -0.05) is 60.2 Å². The molecule has 216 valence electrons. The Kier molecular flexibility index (Phi) is 9.38. The first kappa shape index (κ1) is 29.6. The fraction of sp³-hybridized carbons (Fsp3) is 0.333. The van der Waals surface area contributed by atoms with Gasteiger partial charge in [0, 0.05) is 49.9 Å². The lowest BCUT2D eigenvalue weighted by molar-refractivity contribution is 0.0391. The molecule has 41 heavy (non-hydrogen) atoms. The highest BCUT2D eigenvalue weighted by molar-refractivity contribution is 7.89. The highest BCUT2D eigenvalue weighted by Crippen LogP contribution is 2.34. The number of benzene rings is 3. The molecule has 4 aromatic rings. The van der Waals surface area contributed by atoms with E-state index in [9.17, 15) is 13.2 Å². The Labute approximate surface area is 250 Å². The van der Waals surface area contributed by atoms with Crippen molar-refractivity contribution in [2.75, 3.05) is 50.8 Å². The van der Waals surface area contributed by atoms with Gasteiger partial charge >= 0.3 is 0 Å². The van der Waals surface area contributed by atoms with E-state index in [1.54, 1.807) is 17.0 Å². The summed E-state index contributed by atoms with van der Waals surface area (Å²) in [5.41, 5.74) is 3.07. The summed E-state index contributed by atoms with van der Waals surface area (Å²) >= 11 is 7.71. The normalized spacial score (nSPS) is 14.5. The number of aromatic nitrogens is 1. The van der Waals surface area contributed by atoms with Gasteiger partial charge in [0.2, 0.25) is 10.0 Å². The molecule has 0 saturated carbocycles. The van der Waals surface area contributed by atoms with Crippen molar-refractivity contribution in [1.82, 2.24) is 14.2 Å². The van der Waals surface area contributed by atoms with Crippen LogP contribution in [0, 0.1) is 6.92 Å². The minimum absolute atomic E-state index is 0.150. The summed E-state index contributed by atoms with van der Waals surface area (Å²) in [6.07, 6.45) is 0. The molecule has 0 atom stereocenters. The molecule has 1 fully saturated rings. The molecule has 1 amide bonds. The molecular weight excluding hydrogens is 580 g/mol. The standard InChI is InChI=1S/C30H33ClN4O4S2/c1-3-34(21-23-7-5-4-6-8-23)41(37,38)26-11-9-24(10-12-26)29(36)35(14-13-33-15-17-39-18-16-33)30-32-28-22(2)19-25(31)20-27(28)40-30/h4-12,19-20H,3,13-18,21H2,1-2H3. The highest BCUT2D eigenvalue weighted by atomic mass is 35.5. The molecule has 0 radical (unpaired) electrons. The topological polar surface area (TPSA) is 83.1 Å². The van der Waals surface area contributed by atoms with E-state index in [1.807, 2.05) is 56.3 Å². The summed E-state index contributed by atoms with van der Waals surface area (Å²) in [7, 11) is -3.75. The number of nitrogens with zero attached hydrogens (tertiary/aromatic N) is 4. The second-order valence-corrected chi connectivity index (χ2v) is 13.3. The minimum Gasteiger partial charge on any atom is -0.379 e. The van der Waals surface area contributed by atoms with E-state index < -0.39 is 10.0 Å². The average molecular weight is 613 g/mol. The van der Waals surface area contributed by atoms with Crippen molar-refractivity contribution in [3.63, 3.8) is 0 Å². The van der Waals surface area contributed by atoms with Crippen molar-refractivity contribution in [2.45, 2.75) is 25.3 Å². The van der Waals surface area contributed by atoms with Gasteiger partial charge in [0.1, 0.15) is 0 Å². The Balaban J connectivity index is 1.41. The molecule has 1 aromatic heterocycles. The van der Waals surface area contributed by atoms with E-state index in [0.717, 1.165) is 34.4 Å². The first-order chi connectivity index (χ1) is 19.8. The lowest BCUT2D eigenvalue weighted by Crippen LogP contribution is -2.43. The monoisotopic (exact) mass is 612 g/mol. The van der Waals surface area contributed by atoms with Crippen LogP contribution in [0.3, 0.4) is 0 Å². The fourth-order valence-corrected chi connectivity index (χ4v) is 7.72. The van der Waals surface area contributed by atoms with Crippen LogP contribution in [0.25, 0.3) is 10.2 Å². The number of hydrogen-bond donors (Lipinski definition) is 0. The highest BCUT2D eigenvalue weighted by Gasteiger charge is 2.26. The third-order valence-electron chi connectivity index (χ3n) is 7.15. The number of fused-ring (bicyclic) bond motifs is 1. The zero-order valence-electron chi connectivity index (χ0n) is 23.1. The summed E-state index contributed by atoms with van der Waals surface area (Å²) in [4.78, 5) is 22.8. The van der Waals surface area contributed by atoms with Crippen LogP contribution < -0.4 is 4.90 Å². The number of sulfonamides is 1. The number of aryl methyl sites for hydroxylation is 1. The van der Waals surface area contributed by atoms with Crippen LogP contribution in [0.1, 0.15) is 28.4 Å². The SMILES string of the molecule is CCN(Cc1ccccc1)S(=O)(=O)c1ccc(C(=O)N(CCN2CCOCC2)c2nc3c(C)cc(Cl)cc3s2)cc1. The van der Waals surface area contributed by atoms with Crippen LogP contribution in [-0.4, -0.2) is 74.5 Å². The summed E-state index contributed by atoms with van der Waals surface area (Å²) in [5, 5.41) is 1.21. The third-order valence-corrected chi connectivity index (χ3v) is 10.3. The van der Waals surface area contributed by atoms with Crippen molar-refractivity contribution in [2.24, 2.45) is 0 Å². The van der Waals surface area contributed by atoms with Crippen LogP contribution in [0.2, 0.25) is 5.02 Å². The maximum Gasteiger partial charge on any atom is 0.260 e. The molecule has 1 saturated heterocycles. The average Bonchev–Trinajstić information content (AvgIpc) is 3.41. The van der Waals surface area contributed by atoms with Crippen LogP contribution in [0.4, 0.5) is 5.13 Å². The molecular formula is C30H33ClN4O4S2. The van der Waals surface area contributed by atoms with Crippen LogP contribution in [-0.2, 0) is 21.3 Å². The molecule has 2 heterocycles. The first-order valence-corrected chi connectivity index (χ1v) is 16.2. The van der Waals surface area contributed by atoms with Crippen LogP contribution >= 0.6 is 22.9 Å². The fourth-order valence-electron chi connectivity index (χ4n) is 4.84. The zero-order valence-corrected chi connectivity index (χ0v) is 25.5. The lowest BCUT2D eigenvalue weighted by atomic mass is 10.2. The largest absolute Gasteiger partial charge is 0.379 e.